The summed E-state index contributed by atoms with van der Waals surface area (Å²) in [5, 5.41) is 7.94. The molecule has 3 heterocycles. The van der Waals surface area contributed by atoms with E-state index >= 15 is 0 Å². The third-order valence-electron chi connectivity index (χ3n) is 4.09. The van der Waals surface area contributed by atoms with Gasteiger partial charge < -0.3 is 10.2 Å². The Morgan fingerprint density at radius 1 is 1.15 bits per heavy atom. The molecule has 0 unspecified atom stereocenters. The average molecular weight is 402 g/mol. The predicted octanol–water partition coefficient (Wildman–Crippen LogP) is 2.77. The maximum absolute atomic E-state index is 12.7. The molecule has 9 heteroatoms. The topological polar surface area (TPSA) is 80.1 Å². The van der Waals surface area contributed by atoms with E-state index in [-0.39, 0.29) is 30.7 Å². The van der Waals surface area contributed by atoms with Gasteiger partial charge in [0, 0.05) is 16.8 Å². The summed E-state index contributed by atoms with van der Waals surface area (Å²) >= 11 is 12.1. The van der Waals surface area contributed by atoms with Crippen LogP contribution in [0.3, 0.4) is 0 Å². The zero-order valence-electron chi connectivity index (χ0n) is 13.9. The highest BCUT2D eigenvalue weighted by Gasteiger charge is 2.27. The predicted molar refractivity (Wildman–Crippen MR) is 101 cm³/mol. The Kier molecular flexibility index (Phi) is 4.55. The van der Waals surface area contributed by atoms with Gasteiger partial charge in [-0.1, -0.05) is 29.3 Å². The number of nitrogens with zero attached hydrogens (tertiary/aromatic N) is 4. The zero-order chi connectivity index (χ0) is 19.0. The van der Waals surface area contributed by atoms with Crippen LogP contribution in [0.5, 0.6) is 0 Å². The molecule has 1 fully saturated rings. The quantitative estimate of drug-likeness (QED) is 0.684. The van der Waals surface area contributed by atoms with Crippen LogP contribution in [-0.2, 0) is 4.79 Å². The van der Waals surface area contributed by atoms with E-state index in [1.807, 2.05) is 6.07 Å². The van der Waals surface area contributed by atoms with Crippen LogP contribution in [0.25, 0.3) is 16.9 Å². The van der Waals surface area contributed by atoms with Crippen LogP contribution in [0.1, 0.15) is 10.5 Å². The molecule has 0 aliphatic carbocycles. The molecular weight excluding hydrogens is 389 g/mol. The lowest BCUT2D eigenvalue weighted by molar-refractivity contribution is -0.118. The SMILES string of the molecule is O=C1CN(C(=O)c2cc(-c3ccnc(Cl)c3)n(-c3cccc(Cl)c3)n2)CN1. The molecule has 1 aliphatic rings. The van der Waals surface area contributed by atoms with Crippen LogP contribution in [-0.4, -0.2) is 44.7 Å². The number of halogens is 2. The average Bonchev–Trinajstić information content (AvgIpc) is 3.28. The highest BCUT2D eigenvalue weighted by atomic mass is 35.5. The molecule has 4 rings (SSSR count). The minimum atomic E-state index is -0.337. The van der Waals surface area contributed by atoms with Crippen molar-refractivity contribution in [3.8, 4) is 16.9 Å². The smallest absolute Gasteiger partial charge is 0.276 e. The van der Waals surface area contributed by atoms with Gasteiger partial charge in [0.05, 0.1) is 18.1 Å². The molecule has 2 aromatic heterocycles. The van der Waals surface area contributed by atoms with E-state index in [2.05, 4.69) is 15.4 Å². The van der Waals surface area contributed by atoms with E-state index in [0.717, 1.165) is 5.56 Å². The summed E-state index contributed by atoms with van der Waals surface area (Å²) < 4.78 is 1.62. The van der Waals surface area contributed by atoms with Crippen LogP contribution >= 0.6 is 23.2 Å². The van der Waals surface area contributed by atoms with Crippen molar-refractivity contribution in [1.82, 2.24) is 25.0 Å². The summed E-state index contributed by atoms with van der Waals surface area (Å²) in [5.74, 6) is -0.533. The molecule has 7 nitrogen and oxygen atoms in total. The van der Waals surface area contributed by atoms with E-state index < -0.39 is 0 Å². The van der Waals surface area contributed by atoms with E-state index in [1.165, 1.54) is 4.90 Å². The lowest BCUT2D eigenvalue weighted by Gasteiger charge is -2.10. The lowest BCUT2D eigenvalue weighted by Crippen LogP contribution is -2.30. The summed E-state index contributed by atoms with van der Waals surface area (Å²) in [7, 11) is 0. The van der Waals surface area contributed by atoms with Crippen LogP contribution in [0.4, 0.5) is 0 Å². The van der Waals surface area contributed by atoms with Crippen molar-refractivity contribution < 1.29 is 9.59 Å². The number of pyridine rings is 1. The molecule has 136 valence electrons. The van der Waals surface area contributed by atoms with Gasteiger partial charge >= 0.3 is 0 Å². The number of amides is 2. The lowest BCUT2D eigenvalue weighted by atomic mass is 10.1. The molecule has 1 saturated heterocycles. The number of carbonyl (C=O) groups excluding carboxylic acids is 2. The highest BCUT2D eigenvalue weighted by molar-refractivity contribution is 6.30. The molecule has 0 spiro atoms. The van der Waals surface area contributed by atoms with Crippen molar-refractivity contribution >= 4 is 35.0 Å². The minimum absolute atomic E-state index is 0.0132. The monoisotopic (exact) mass is 401 g/mol. The van der Waals surface area contributed by atoms with Gasteiger partial charge in [0.2, 0.25) is 5.91 Å². The summed E-state index contributed by atoms with van der Waals surface area (Å²) in [4.78, 5) is 29.5. The molecule has 3 aromatic rings. The number of hydrogen-bond donors (Lipinski definition) is 1. The number of benzene rings is 1. The summed E-state index contributed by atoms with van der Waals surface area (Å²) in [6, 6.07) is 12.3. The number of nitrogens with one attached hydrogen (secondary N) is 1. The Morgan fingerprint density at radius 3 is 2.70 bits per heavy atom. The Hall–Kier alpha value is -2.90. The Balaban J connectivity index is 1.82. The molecule has 0 radical (unpaired) electrons. The van der Waals surface area contributed by atoms with Crippen LogP contribution in [0.15, 0.2) is 48.7 Å². The highest BCUT2D eigenvalue weighted by Crippen LogP contribution is 2.27. The molecule has 1 aliphatic heterocycles. The maximum Gasteiger partial charge on any atom is 0.276 e. The number of carbonyl (C=O) groups is 2. The Bertz CT molecular complexity index is 987. The van der Waals surface area contributed by atoms with E-state index in [1.54, 1.807) is 47.3 Å². The first-order chi connectivity index (χ1) is 13.0. The first-order valence-electron chi connectivity index (χ1n) is 8.05. The molecule has 27 heavy (non-hydrogen) atoms. The van der Waals surface area contributed by atoms with E-state index in [9.17, 15) is 9.59 Å². The molecule has 0 bridgehead atoms. The van der Waals surface area contributed by atoms with Gasteiger partial charge in [0.25, 0.3) is 5.91 Å². The van der Waals surface area contributed by atoms with Gasteiger partial charge in [-0.05, 0) is 36.4 Å². The standard InChI is InChI=1S/C18H13Cl2N5O2/c19-12-2-1-3-13(7-12)25-15(11-4-5-21-16(20)6-11)8-14(23-25)18(27)24-9-17(26)22-10-24/h1-8H,9-10H2,(H,22,26). The van der Waals surface area contributed by atoms with Gasteiger partial charge in [-0.3, -0.25) is 9.59 Å². The summed E-state index contributed by atoms with van der Waals surface area (Å²) in [6.45, 7) is 0.178. The van der Waals surface area contributed by atoms with Gasteiger partial charge in [0.1, 0.15) is 11.7 Å². The van der Waals surface area contributed by atoms with Gasteiger partial charge in [-0.2, -0.15) is 5.10 Å². The molecule has 2 amide bonds. The number of rotatable bonds is 3. The Morgan fingerprint density at radius 2 is 2.00 bits per heavy atom. The third kappa shape index (κ3) is 3.51. The van der Waals surface area contributed by atoms with E-state index in [4.69, 9.17) is 23.2 Å². The van der Waals surface area contributed by atoms with Crippen molar-refractivity contribution in [2.75, 3.05) is 13.2 Å². The number of hydrogen-bond acceptors (Lipinski definition) is 4. The molecule has 0 saturated carbocycles. The summed E-state index contributed by atoms with van der Waals surface area (Å²) in [5.41, 5.74) is 2.31. The van der Waals surface area contributed by atoms with Crippen LogP contribution in [0, 0.1) is 0 Å². The molecule has 1 N–H and O–H groups in total. The number of aromatic nitrogens is 3. The first kappa shape index (κ1) is 17.5. The van der Waals surface area contributed by atoms with Crippen molar-refractivity contribution in [2.24, 2.45) is 0 Å². The normalized spacial score (nSPS) is 13.7. The maximum atomic E-state index is 12.7. The minimum Gasteiger partial charge on any atom is -0.337 e. The van der Waals surface area contributed by atoms with Crippen molar-refractivity contribution in [1.29, 1.82) is 0 Å². The van der Waals surface area contributed by atoms with E-state index in [0.29, 0.717) is 21.6 Å². The second-order valence-electron chi connectivity index (χ2n) is 5.93. The first-order valence-corrected chi connectivity index (χ1v) is 8.81. The van der Waals surface area contributed by atoms with Gasteiger partial charge in [-0.25, -0.2) is 9.67 Å². The second kappa shape index (κ2) is 7.02. The van der Waals surface area contributed by atoms with Crippen LogP contribution < -0.4 is 5.32 Å². The van der Waals surface area contributed by atoms with Crippen molar-refractivity contribution in [3.63, 3.8) is 0 Å². The third-order valence-corrected chi connectivity index (χ3v) is 4.53. The second-order valence-corrected chi connectivity index (χ2v) is 6.76. The summed E-state index contributed by atoms with van der Waals surface area (Å²) in [6.07, 6.45) is 1.58. The molecule has 0 atom stereocenters. The fourth-order valence-electron chi connectivity index (χ4n) is 2.83. The molecule has 1 aromatic carbocycles. The van der Waals surface area contributed by atoms with Crippen molar-refractivity contribution in [3.05, 3.63) is 64.5 Å². The zero-order valence-corrected chi connectivity index (χ0v) is 15.4. The Labute approximate surface area is 164 Å². The fourth-order valence-corrected chi connectivity index (χ4v) is 3.19. The fraction of sp³-hybridized carbons (Fsp3) is 0.111. The van der Waals surface area contributed by atoms with Gasteiger partial charge in [0.15, 0.2) is 5.69 Å². The molecular formula is C18H13Cl2N5O2. The largest absolute Gasteiger partial charge is 0.337 e. The van der Waals surface area contributed by atoms with Gasteiger partial charge in [-0.15, -0.1) is 0 Å². The van der Waals surface area contributed by atoms with Crippen molar-refractivity contribution in [2.45, 2.75) is 0 Å². The van der Waals surface area contributed by atoms with Crippen LogP contribution in [0.2, 0.25) is 10.2 Å².